The highest BCUT2D eigenvalue weighted by Gasteiger charge is 2.55. The predicted molar refractivity (Wildman–Crippen MR) is 194 cm³/mol. The second kappa shape index (κ2) is 10.7. The van der Waals surface area contributed by atoms with Crippen LogP contribution in [0.15, 0.2) is 97.1 Å². The minimum atomic E-state index is -0.897. The summed E-state index contributed by atoms with van der Waals surface area (Å²) >= 11 is 0. The molecule has 1 heterocycles. The van der Waals surface area contributed by atoms with Crippen molar-refractivity contribution < 1.29 is 19.3 Å². The molecule has 0 bridgehead atoms. The van der Waals surface area contributed by atoms with E-state index in [1.54, 1.807) is 14.2 Å². The fourth-order valence-corrected chi connectivity index (χ4v) is 9.96. The Bertz CT molecular complexity index is 2020. The molecular formula is C44H44O4. The smallest absolute Gasteiger partial charge is 0.178 e. The zero-order valence-electron chi connectivity index (χ0n) is 28.8. The van der Waals surface area contributed by atoms with Gasteiger partial charge in [0.05, 0.1) is 20.8 Å². The maximum absolute atomic E-state index is 10.4. The highest BCUT2D eigenvalue weighted by molar-refractivity contribution is 6.09. The van der Waals surface area contributed by atoms with Gasteiger partial charge in [0.1, 0.15) is 17.2 Å². The van der Waals surface area contributed by atoms with Crippen molar-refractivity contribution in [3.63, 3.8) is 0 Å². The molecule has 2 aliphatic carbocycles. The van der Waals surface area contributed by atoms with E-state index in [0.29, 0.717) is 0 Å². The Morgan fingerprint density at radius 1 is 0.708 bits per heavy atom. The van der Waals surface area contributed by atoms with Crippen molar-refractivity contribution in [2.75, 3.05) is 14.2 Å². The van der Waals surface area contributed by atoms with Gasteiger partial charge in [-0.15, -0.1) is 0 Å². The molecule has 1 N–H and O–H groups in total. The summed E-state index contributed by atoms with van der Waals surface area (Å²) in [5.74, 6) is 2.48. The van der Waals surface area contributed by atoms with Crippen LogP contribution >= 0.6 is 0 Å². The number of benzene rings is 5. The van der Waals surface area contributed by atoms with Gasteiger partial charge >= 0.3 is 0 Å². The van der Waals surface area contributed by atoms with Gasteiger partial charge in [-0.25, -0.2) is 0 Å². The minimum Gasteiger partial charge on any atom is -0.497 e. The number of rotatable bonds is 5. The number of aliphatic hydroxyl groups excluding tert-OH is 1. The van der Waals surface area contributed by atoms with Gasteiger partial charge in [0.25, 0.3) is 0 Å². The van der Waals surface area contributed by atoms with Crippen molar-refractivity contribution in [3.05, 3.63) is 130 Å². The summed E-state index contributed by atoms with van der Waals surface area (Å²) in [6, 6.07) is 31.8. The molecule has 1 spiro atoms. The standard InChI is InChI=1S/C44H44O4/c1-41(2)25-42(3,4)27-43(26-41)37-10-8-7-9-34(37)38-36-23-28(24-45)11-20-33(36)40-35(39(38)43)21-22-44(48-40,29-12-16-31(46-5)17-13-29)30-14-18-32(47-6)19-15-30/h7-23,45H,24-27H2,1-6H3. The number of hydrogen-bond acceptors (Lipinski definition) is 4. The third kappa shape index (κ3) is 4.53. The molecule has 1 fully saturated rings. The fraction of sp³-hybridized carbons (Fsp3) is 0.318. The Morgan fingerprint density at radius 2 is 1.31 bits per heavy atom. The molecule has 0 aromatic heterocycles. The van der Waals surface area contributed by atoms with Gasteiger partial charge in [0, 0.05) is 27.5 Å². The minimum absolute atomic E-state index is 0.0168. The lowest BCUT2D eigenvalue weighted by atomic mass is 9.52. The number of methoxy groups -OCH3 is 2. The quantitative estimate of drug-likeness (QED) is 0.209. The molecule has 5 aromatic rings. The first-order valence-corrected chi connectivity index (χ1v) is 17.0. The number of hydrogen-bond donors (Lipinski definition) is 1. The molecule has 0 atom stereocenters. The van der Waals surface area contributed by atoms with Crippen LogP contribution in [-0.4, -0.2) is 19.3 Å². The third-order valence-electron chi connectivity index (χ3n) is 11.0. The number of fused-ring (bicyclic) bond motifs is 10. The summed E-state index contributed by atoms with van der Waals surface area (Å²) < 4.78 is 18.6. The molecule has 48 heavy (non-hydrogen) atoms. The van der Waals surface area contributed by atoms with Crippen LogP contribution in [0.3, 0.4) is 0 Å². The van der Waals surface area contributed by atoms with Crippen molar-refractivity contribution in [2.24, 2.45) is 10.8 Å². The summed E-state index contributed by atoms with van der Waals surface area (Å²) in [4.78, 5) is 0. The van der Waals surface area contributed by atoms with Gasteiger partial charge in [-0.2, -0.15) is 0 Å². The van der Waals surface area contributed by atoms with E-state index < -0.39 is 5.60 Å². The Morgan fingerprint density at radius 3 is 1.90 bits per heavy atom. The lowest BCUT2D eigenvalue weighted by molar-refractivity contribution is 0.0642. The molecule has 0 saturated heterocycles. The van der Waals surface area contributed by atoms with Gasteiger partial charge in [-0.1, -0.05) is 94.4 Å². The number of ether oxygens (including phenoxy) is 3. The summed E-state index contributed by atoms with van der Waals surface area (Å²) in [5.41, 5.74) is 8.66. The molecule has 1 saturated carbocycles. The van der Waals surface area contributed by atoms with E-state index in [4.69, 9.17) is 14.2 Å². The molecule has 4 nitrogen and oxygen atoms in total. The molecular weight excluding hydrogens is 592 g/mol. The monoisotopic (exact) mass is 636 g/mol. The molecule has 0 unspecified atom stereocenters. The van der Waals surface area contributed by atoms with Gasteiger partial charge in [-0.3, -0.25) is 0 Å². The lowest BCUT2D eigenvalue weighted by Crippen LogP contribution is -2.44. The summed E-state index contributed by atoms with van der Waals surface area (Å²) in [7, 11) is 3.38. The van der Waals surface area contributed by atoms with E-state index in [2.05, 4.69) is 101 Å². The third-order valence-corrected chi connectivity index (χ3v) is 11.0. The molecule has 1 aliphatic heterocycles. The molecule has 3 aliphatic rings. The zero-order chi connectivity index (χ0) is 33.5. The van der Waals surface area contributed by atoms with Crippen molar-refractivity contribution in [1.29, 1.82) is 0 Å². The van der Waals surface area contributed by atoms with Gasteiger partial charge in [-0.05, 0) is 99.7 Å². The van der Waals surface area contributed by atoms with Crippen LogP contribution < -0.4 is 14.2 Å². The van der Waals surface area contributed by atoms with E-state index in [0.717, 1.165) is 63.1 Å². The SMILES string of the molecule is COc1ccc(C2(c3ccc(OC)cc3)C=Cc3c4c(c5cc(CO)ccc5c3O2)-c2ccccc2C42CC(C)(C)CC(C)(C)C2)cc1. The van der Waals surface area contributed by atoms with Crippen LogP contribution in [0.5, 0.6) is 17.2 Å². The van der Waals surface area contributed by atoms with Crippen LogP contribution in [0.25, 0.3) is 28.0 Å². The highest BCUT2D eigenvalue weighted by Crippen LogP contribution is 2.66. The van der Waals surface area contributed by atoms with Crippen LogP contribution in [0, 0.1) is 10.8 Å². The highest BCUT2D eigenvalue weighted by atomic mass is 16.5. The second-order valence-corrected chi connectivity index (χ2v) is 15.6. The summed E-state index contributed by atoms with van der Waals surface area (Å²) in [6.45, 7) is 9.75. The normalized spacial score (nSPS) is 18.9. The second-order valence-electron chi connectivity index (χ2n) is 15.6. The van der Waals surface area contributed by atoms with Crippen molar-refractivity contribution in [2.45, 2.75) is 64.6 Å². The lowest BCUT2D eigenvalue weighted by Gasteiger charge is -2.52. The Labute approximate surface area is 284 Å². The molecule has 4 heteroatoms. The Kier molecular flexibility index (Phi) is 6.88. The molecule has 8 rings (SSSR count). The Hall–Kier alpha value is -4.54. The average Bonchev–Trinajstić information content (AvgIpc) is 3.35. The maximum atomic E-state index is 10.4. The average molecular weight is 637 g/mol. The van der Waals surface area contributed by atoms with E-state index in [1.165, 1.54) is 28.7 Å². The Balaban J connectivity index is 1.46. The first-order chi connectivity index (χ1) is 23.0. The van der Waals surface area contributed by atoms with Gasteiger partial charge in [0.15, 0.2) is 5.60 Å². The van der Waals surface area contributed by atoms with Crippen molar-refractivity contribution in [3.8, 4) is 28.4 Å². The van der Waals surface area contributed by atoms with Gasteiger partial charge < -0.3 is 19.3 Å². The van der Waals surface area contributed by atoms with Crippen molar-refractivity contribution >= 4 is 16.8 Å². The van der Waals surface area contributed by atoms with Crippen molar-refractivity contribution in [1.82, 2.24) is 0 Å². The first kappa shape index (κ1) is 30.8. The first-order valence-electron chi connectivity index (χ1n) is 17.0. The van der Waals surface area contributed by atoms with E-state index >= 15 is 0 Å². The van der Waals surface area contributed by atoms with Crippen LogP contribution in [-0.2, 0) is 17.6 Å². The summed E-state index contributed by atoms with van der Waals surface area (Å²) in [5, 5.41) is 12.5. The fourth-order valence-electron chi connectivity index (χ4n) is 9.96. The van der Waals surface area contributed by atoms with E-state index in [9.17, 15) is 5.11 Å². The predicted octanol–water partition coefficient (Wildman–Crippen LogP) is 10.2. The van der Waals surface area contributed by atoms with Crippen LogP contribution in [0.1, 0.15) is 80.3 Å². The topological polar surface area (TPSA) is 47.9 Å². The molecule has 244 valence electrons. The van der Waals surface area contributed by atoms with E-state index in [-0.39, 0.29) is 22.9 Å². The molecule has 0 radical (unpaired) electrons. The zero-order valence-corrected chi connectivity index (χ0v) is 28.8. The number of aliphatic hydroxyl groups is 1. The molecule has 5 aromatic carbocycles. The molecule has 0 amide bonds. The van der Waals surface area contributed by atoms with Gasteiger partial charge in [0.2, 0.25) is 0 Å². The maximum Gasteiger partial charge on any atom is 0.178 e. The van der Waals surface area contributed by atoms with Crippen LogP contribution in [0.4, 0.5) is 0 Å². The van der Waals surface area contributed by atoms with E-state index in [1.807, 2.05) is 30.3 Å². The summed E-state index contributed by atoms with van der Waals surface area (Å²) in [6.07, 6.45) is 7.88. The van der Waals surface area contributed by atoms with Crippen LogP contribution in [0.2, 0.25) is 0 Å². The largest absolute Gasteiger partial charge is 0.497 e.